The molecular formula is C21H21ClFN3O2. The minimum absolute atomic E-state index is 0.271. The fraction of sp³-hybridized carbons (Fsp3) is 0.333. The number of nitrogens with one attached hydrogen (secondary N) is 1. The van der Waals surface area contributed by atoms with Gasteiger partial charge in [0.25, 0.3) is 5.91 Å². The quantitative estimate of drug-likeness (QED) is 0.716. The molecule has 0 bridgehead atoms. The molecule has 1 aliphatic rings. The van der Waals surface area contributed by atoms with Gasteiger partial charge in [-0.05, 0) is 49.9 Å². The van der Waals surface area contributed by atoms with Crippen LogP contribution in [0.15, 0.2) is 36.8 Å². The van der Waals surface area contributed by atoms with Crippen LogP contribution in [0.25, 0.3) is 5.65 Å². The first-order chi connectivity index (χ1) is 13.4. The van der Waals surface area contributed by atoms with Crippen LogP contribution in [0.2, 0.25) is 5.02 Å². The van der Waals surface area contributed by atoms with E-state index in [2.05, 4.69) is 10.3 Å². The van der Waals surface area contributed by atoms with Crippen molar-refractivity contribution in [1.29, 1.82) is 0 Å². The molecule has 7 heteroatoms. The van der Waals surface area contributed by atoms with Crippen molar-refractivity contribution in [2.45, 2.75) is 32.2 Å². The molecule has 0 spiro atoms. The highest BCUT2D eigenvalue weighted by atomic mass is 35.5. The molecule has 3 heterocycles. The number of aryl methyl sites for hydroxylation is 2. The molecule has 1 N–H and O–H groups in total. The van der Waals surface area contributed by atoms with E-state index in [0.29, 0.717) is 47.9 Å². The van der Waals surface area contributed by atoms with Gasteiger partial charge in [0.2, 0.25) is 0 Å². The lowest BCUT2D eigenvalue weighted by molar-refractivity contribution is 0.0334. The number of hydrogen-bond acceptors (Lipinski definition) is 3. The van der Waals surface area contributed by atoms with Gasteiger partial charge < -0.3 is 14.5 Å². The van der Waals surface area contributed by atoms with Crippen LogP contribution in [-0.2, 0) is 10.3 Å². The molecule has 1 aliphatic heterocycles. The van der Waals surface area contributed by atoms with E-state index in [-0.39, 0.29) is 5.91 Å². The number of nitrogens with zero attached hydrogens (tertiary/aromatic N) is 2. The van der Waals surface area contributed by atoms with Crippen LogP contribution in [-0.4, -0.2) is 28.5 Å². The second-order valence-electron chi connectivity index (χ2n) is 7.32. The maximum absolute atomic E-state index is 14.8. The number of carbonyl (C=O) groups excluding carboxylic acids is 1. The van der Waals surface area contributed by atoms with E-state index in [1.807, 2.05) is 30.6 Å². The molecular weight excluding hydrogens is 381 g/mol. The fourth-order valence-electron chi connectivity index (χ4n) is 3.90. The van der Waals surface area contributed by atoms with Crippen molar-refractivity contribution in [3.05, 3.63) is 69.9 Å². The van der Waals surface area contributed by atoms with Crippen LogP contribution in [0, 0.1) is 19.7 Å². The van der Waals surface area contributed by atoms with E-state index >= 15 is 0 Å². The third-order valence-electron chi connectivity index (χ3n) is 5.30. The van der Waals surface area contributed by atoms with E-state index in [9.17, 15) is 9.18 Å². The largest absolute Gasteiger partial charge is 0.381 e. The Labute approximate surface area is 167 Å². The lowest BCUT2D eigenvalue weighted by Gasteiger charge is -2.38. The third-order valence-corrected chi connectivity index (χ3v) is 5.54. The second-order valence-corrected chi connectivity index (χ2v) is 7.76. The third kappa shape index (κ3) is 3.27. The van der Waals surface area contributed by atoms with Crippen LogP contribution in [0.1, 0.15) is 39.9 Å². The van der Waals surface area contributed by atoms with Crippen LogP contribution in [0.3, 0.4) is 0 Å². The van der Waals surface area contributed by atoms with Gasteiger partial charge in [0.05, 0.1) is 11.1 Å². The molecule has 0 atom stereocenters. The van der Waals surface area contributed by atoms with Crippen molar-refractivity contribution in [3.8, 4) is 0 Å². The van der Waals surface area contributed by atoms with Gasteiger partial charge in [-0.3, -0.25) is 4.79 Å². The SMILES string of the molecule is Cc1cnc2c(C(=O)NC3(c4ccc(Cl)cc4F)CCOCC3)c(C)cn2c1. The van der Waals surface area contributed by atoms with Crippen molar-refractivity contribution in [1.82, 2.24) is 14.7 Å². The molecule has 2 aromatic heterocycles. The minimum Gasteiger partial charge on any atom is -0.381 e. The highest BCUT2D eigenvalue weighted by Gasteiger charge is 2.39. The lowest BCUT2D eigenvalue weighted by atomic mass is 9.82. The maximum Gasteiger partial charge on any atom is 0.256 e. The average molecular weight is 402 g/mol. The summed E-state index contributed by atoms with van der Waals surface area (Å²) < 4.78 is 22.1. The van der Waals surface area contributed by atoms with E-state index < -0.39 is 11.4 Å². The Morgan fingerprint density at radius 2 is 2.04 bits per heavy atom. The Morgan fingerprint density at radius 3 is 2.75 bits per heavy atom. The van der Waals surface area contributed by atoms with Crippen molar-refractivity contribution in [2.24, 2.45) is 0 Å². The molecule has 28 heavy (non-hydrogen) atoms. The summed E-state index contributed by atoms with van der Waals surface area (Å²) in [5.74, 6) is -0.700. The molecule has 146 valence electrons. The van der Waals surface area contributed by atoms with Gasteiger partial charge in [0, 0.05) is 42.4 Å². The van der Waals surface area contributed by atoms with Crippen molar-refractivity contribution >= 4 is 23.2 Å². The number of carbonyl (C=O) groups is 1. The summed E-state index contributed by atoms with van der Waals surface area (Å²) in [5.41, 5.74) is 2.47. The molecule has 0 radical (unpaired) electrons. The number of benzene rings is 1. The van der Waals surface area contributed by atoms with Gasteiger partial charge in [-0.2, -0.15) is 0 Å². The molecule has 1 aromatic carbocycles. The first-order valence-electron chi connectivity index (χ1n) is 9.19. The summed E-state index contributed by atoms with van der Waals surface area (Å²) in [6, 6.07) is 4.58. The number of ether oxygens (including phenoxy) is 1. The Kier molecular flexibility index (Phi) is 4.85. The highest BCUT2D eigenvalue weighted by Crippen LogP contribution is 2.35. The second kappa shape index (κ2) is 7.18. The summed E-state index contributed by atoms with van der Waals surface area (Å²) in [6.45, 7) is 4.70. The zero-order chi connectivity index (χ0) is 19.9. The number of hydrogen-bond donors (Lipinski definition) is 1. The van der Waals surface area contributed by atoms with Gasteiger partial charge in [0.1, 0.15) is 11.5 Å². The lowest BCUT2D eigenvalue weighted by Crippen LogP contribution is -2.50. The number of amides is 1. The van der Waals surface area contributed by atoms with Gasteiger partial charge in [0.15, 0.2) is 0 Å². The predicted molar refractivity (Wildman–Crippen MR) is 105 cm³/mol. The monoisotopic (exact) mass is 401 g/mol. The molecule has 0 saturated carbocycles. The van der Waals surface area contributed by atoms with Crippen molar-refractivity contribution in [2.75, 3.05) is 13.2 Å². The summed E-state index contributed by atoms with van der Waals surface area (Å²) in [7, 11) is 0. The number of rotatable bonds is 3. The minimum atomic E-state index is -0.852. The molecule has 1 saturated heterocycles. The molecule has 0 aliphatic carbocycles. The van der Waals surface area contributed by atoms with Crippen LogP contribution in [0.4, 0.5) is 4.39 Å². The maximum atomic E-state index is 14.8. The number of aromatic nitrogens is 2. The topological polar surface area (TPSA) is 55.6 Å². The Balaban J connectivity index is 1.76. The predicted octanol–water partition coefficient (Wildman–Crippen LogP) is 4.18. The van der Waals surface area contributed by atoms with E-state index in [4.69, 9.17) is 16.3 Å². The fourth-order valence-corrected chi connectivity index (χ4v) is 4.06. The summed E-state index contributed by atoms with van der Waals surface area (Å²) >= 11 is 5.92. The first kappa shape index (κ1) is 18.9. The van der Waals surface area contributed by atoms with E-state index in [0.717, 1.165) is 11.1 Å². The Morgan fingerprint density at radius 1 is 1.29 bits per heavy atom. The van der Waals surface area contributed by atoms with E-state index in [1.165, 1.54) is 6.07 Å². The summed E-state index contributed by atoms with van der Waals surface area (Å²) in [4.78, 5) is 17.7. The number of fused-ring (bicyclic) bond motifs is 1. The average Bonchev–Trinajstić information content (AvgIpc) is 2.97. The van der Waals surface area contributed by atoms with Gasteiger partial charge >= 0.3 is 0 Å². The molecule has 4 rings (SSSR count). The highest BCUT2D eigenvalue weighted by molar-refractivity contribution is 6.30. The smallest absolute Gasteiger partial charge is 0.256 e. The molecule has 1 amide bonds. The molecule has 0 unspecified atom stereocenters. The normalized spacial score (nSPS) is 16.3. The summed E-state index contributed by atoms with van der Waals surface area (Å²) in [6.07, 6.45) is 6.50. The Hall–Kier alpha value is -2.44. The molecule has 3 aromatic rings. The van der Waals surface area contributed by atoms with Gasteiger partial charge in [-0.25, -0.2) is 9.37 Å². The zero-order valence-corrected chi connectivity index (χ0v) is 16.5. The van der Waals surface area contributed by atoms with Crippen LogP contribution < -0.4 is 5.32 Å². The van der Waals surface area contributed by atoms with Crippen molar-refractivity contribution in [3.63, 3.8) is 0 Å². The van der Waals surface area contributed by atoms with Crippen molar-refractivity contribution < 1.29 is 13.9 Å². The standard InChI is InChI=1S/C21H21ClFN3O2/c1-13-10-24-19-18(14(2)12-26(19)11-13)20(27)25-21(5-7-28-8-6-21)16-4-3-15(22)9-17(16)23/h3-4,9-12H,5-8H2,1-2H3,(H,25,27). The van der Waals surface area contributed by atoms with E-state index in [1.54, 1.807) is 18.3 Å². The van der Waals surface area contributed by atoms with Crippen LogP contribution >= 0.6 is 11.6 Å². The first-order valence-corrected chi connectivity index (χ1v) is 9.57. The number of halogens is 2. The van der Waals surface area contributed by atoms with Gasteiger partial charge in [-0.1, -0.05) is 17.7 Å². The Bertz CT molecular complexity index is 1060. The van der Waals surface area contributed by atoms with Gasteiger partial charge in [-0.15, -0.1) is 0 Å². The molecule has 1 fully saturated rings. The summed E-state index contributed by atoms with van der Waals surface area (Å²) in [5, 5.41) is 3.43. The van der Waals surface area contributed by atoms with Crippen LogP contribution in [0.5, 0.6) is 0 Å². The zero-order valence-electron chi connectivity index (χ0n) is 15.8. The molecule has 5 nitrogen and oxygen atoms in total.